The molecule has 28 heavy (non-hydrogen) atoms. The maximum Gasteiger partial charge on any atom is 0.224 e. The van der Waals surface area contributed by atoms with Gasteiger partial charge in [0.1, 0.15) is 5.82 Å². The van der Waals surface area contributed by atoms with E-state index in [1.165, 1.54) is 25.0 Å². The minimum atomic E-state index is -0.319. The van der Waals surface area contributed by atoms with Crippen LogP contribution in [-0.4, -0.2) is 62.2 Å². The van der Waals surface area contributed by atoms with Crippen LogP contribution in [0.5, 0.6) is 0 Å². The van der Waals surface area contributed by atoms with E-state index in [9.17, 15) is 9.18 Å². The van der Waals surface area contributed by atoms with Crippen LogP contribution in [0.3, 0.4) is 0 Å². The fourth-order valence-corrected chi connectivity index (χ4v) is 4.74. The first-order valence-electron chi connectivity index (χ1n) is 9.76. The van der Waals surface area contributed by atoms with Crippen molar-refractivity contribution in [3.05, 3.63) is 35.6 Å². The zero-order chi connectivity index (χ0) is 18.8. The number of halogens is 2. The summed E-state index contributed by atoms with van der Waals surface area (Å²) in [5, 5.41) is 6.21. The smallest absolute Gasteiger partial charge is 0.224 e. The van der Waals surface area contributed by atoms with Gasteiger partial charge in [0, 0.05) is 45.1 Å². The van der Waals surface area contributed by atoms with Gasteiger partial charge < -0.3 is 20.3 Å². The van der Waals surface area contributed by atoms with E-state index in [4.69, 9.17) is 4.74 Å². The predicted molar refractivity (Wildman–Crippen MR) is 116 cm³/mol. The van der Waals surface area contributed by atoms with Gasteiger partial charge in [0.15, 0.2) is 5.96 Å². The number of guanidine groups is 1. The number of hydrogen-bond acceptors (Lipinski definition) is 3. The lowest BCUT2D eigenvalue weighted by atomic mass is 9.82. The molecule has 154 valence electrons. The van der Waals surface area contributed by atoms with E-state index in [1.54, 1.807) is 19.2 Å². The van der Waals surface area contributed by atoms with Gasteiger partial charge in [-0.25, -0.2) is 4.39 Å². The minimum absolute atomic E-state index is 0. The second-order valence-electron chi connectivity index (χ2n) is 7.65. The Bertz CT molecular complexity index is 714. The fraction of sp³-hybridized carbons (Fsp3) is 0.600. The number of aliphatic imine (C=N–C) groups is 1. The molecule has 1 aromatic carbocycles. The molecule has 2 N–H and O–H groups in total. The summed E-state index contributed by atoms with van der Waals surface area (Å²) in [6.45, 7) is 3.11. The number of ether oxygens (including phenoxy) is 1. The van der Waals surface area contributed by atoms with Crippen LogP contribution in [0.4, 0.5) is 4.39 Å². The van der Waals surface area contributed by atoms with Crippen molar-refractivity contribution < 1.29 is 13.9 Å². The standard InChI is InChI=1S/C20H27FN4O2.HI/c1-22-20(25-11-15-16(12-25)18-6-5-17(15)27-18)24-8-7-23-19(26)10-13-3-2-4-14(21)9-13;/h2-4,9,15-18H,5-8,10-12H2,1H3,(H,22,24)(H,23,26);1H. The van der Waals surface area contributed by atoms with Crippen molar-refractivity contribution in [1.29, 1.82) is 0 Å². The summed E-state index contributed by atoms with van der Waals surface area (Å²) in [5.41, 5.74) is 0.678. The molecule has 8 heteroatoms. The summed E-state index contributed by atoms with van der Waals surface area (Å²) < 4.78 is 19.2. The number of likely N-dealkylation sites (tertiary alicyclic amines) is 1. The summed E-state index contributed by atoms with van der Waals surface area (Å²) >= 11 is 0. The van der Waals surface area contributed by atoms with Gasteiger partial charge in [0.2, 0.25) is 5.91 Å². The largest absolute Gasteiger partial charge is 0.374 e. The monoisotopic (exact) mass is 502 g/mol. The van der Waals surface area contributed by atoms with Gasteiger partial charge in [-0.05, 0) is 30.5 Å². The maximum absolute atomic E-state index is 13.2. The molecule has 1 amide bonds. The Balaban J connectivity index is 0.00000225. The average molecular weight is 502 g/mol. The summed E-state index contributed by atoms with van der Waals surface area (Å²) in [6, 6.07) is 6.14. The molecule has 3 saturated heterocycles. The van der Waals surface area contributed by atoms with Gasteiger partial charge >= 0.3 is 0 Å². The van der Waals surface area contributed by atoms with Crippen molar-refractivity contribution in [2.24, 2.45) is 16.8 Å². The molecule has 0 saturated carbocycles. The second kappa shape index (κ2) is 9.39. The highest BCUT2D eigenvalue weighted by Crippen LogP contribution is 2.47. The highest BCUT2D eigenvalue weighted by molar-refractivity contribution is 14.0. The summed E-state index contributed by atoms with van der Waals surface area (Å²) in [7, 11) is 1.80. The lowest BCUT2D eigenvalue weighted by molar-refractivity contribution is -0.120. The van der Waals surface area contributed by atoms with E-state index in [0.29, 0.717) is 42.7 Å². The number of nitrogens with zero attached hydrogens (tertiary/aromatic N) is 2. The first-order chi connectivity index (χ1) is 13.1. The molecule has 0 aromatic heterocycles. The van der Waals surface area contributed by atoms with Crippen molar-refractivity contribution in [3.63, 3.8) is 0 Å². The van der Waals surface area contributed by atoms with Crippen molar-refractivity contribution in [2.45, 2.75) is 31.5 Å². The molecule has 3 heterocycles. The Kier molecular flexibility index (Phi) is 7.14. The van der Waals surface area contributed by atoms with Crippen LogP contribution in [0.2, 0.25) is 0 Å². The Morgan fingerprint density at radius 2 is 1.89 bits per heavy atom. The van der Waals surface area contributed by atoms with E-state index < -0.39 is 0 Å². The normalized spacial score (nSPS) is 28.1. The van der Waals surface area contributed by atoms with Crippen LogP contribution in [0, 0.1) is 17.7 Å². The molecule has 0 spiro atoms. The minimum Gasteiger partial charge on any atom is -0.374 e. The Morgan fingerprint density at radius 3 is 2.54 bits per heavy atom. The zero-order valence-corrected chi connectivity index (χ0v) is 18.4. The summed E-state index contributed by atoms with van der Waals surface area (Å²) in [4.78, 5) is 18.7. The fourth-order valence-electron chi connectivity index (χ4n) is 4.74. The quantitative estimate of drug-likeness (QED) is 0.279. The van der Waals surface area contributed by atoms with Crippen molar-refractivity contribution in [1.82, 2.24) is 15.5 Å². The molecule has 3 fully saturated rings. The van der Waals surface area contributed by atoms with Crippen LogP contribution in [-0.2, 0) is 16.0 Å². The molecule has 1 aromatic rings. The Hall–Kier alpha value is -1.42. The number of hydrogen-bond donors (Lipinski definition) is 2. The van der Waals surface area contributed by atoms with Crippen molar-refractivity contribution in [2.75, 3.05) is 33.2 Å². The van der Waals surface area contributed by atoms with Gasteiger partial charge in [-0.1, -0.05) is 12.1 Å². The second-order valence-corrected chi connectivity index (χ2v) is 7.65. The molecule has 2 bridgehead atoms. The van der Waals surface area contributed by atoms with Gasteiger partial charge in [-0.2, -0.15) is 0 Å². The number of carbonyl (C=O) groups is 1. The summed E-state index contributed by atoms with van der Waals surface area (Å²) in [5.74, 6) is 1.73. The van der Waals surface area contributed by atoms with Crippen LogP contribution >= 0.6 is 24.0 Å². The first kappa shape index (κ1) is 21.3. The molecule has 4 rings (SSSR count). The predicted octanol–water partition coefficient (Wildman–Crippen LogP) is 1.79. The number of nitrogens with one attached hydrogen (secondary N) is 2. The molecule has 0 radical (unpaired) electrons. The summed E-state index contributed by atoms with van der Waals surface area (Å²) in [6.07, 6.45) is 3.45. The number of fused-ring (bicyclic) bond motifs is 5. The number of rotatable bonds is 5. The van der Waals surface area contributed by atoms with Crippen LogP contribution in [0.15, 0.2) is 29.3 Å². The Labute approximate surface area is 182 Å². The molecule has 3 aliphatic rings. The third-order valence-electron chi connectivity index (χ3n) is 5.95. The van der Waals surface area contributed by atoms with E-state index >= 15 is 0 Å². The van der Waals surface area contributed by atoms with Gasteiger partial charge in [-0.3, -0.25) is 9.79 Å². The molecule has 4 unspecified atom stereocenters. The average Bonchev–Trinajstić information content (AvgIpc) is 3.35. The van der Waals surface area contributed by atoms with E-state index in [2.05, 4.69) is 20.5 Å². The Morgan fingerprint density at radius 1 is 1.21 bits per heavy atom. The van der Waals surface area contributed by atoms with Crippen LogP contribution in [0.1, 0.15) is 18.4 Å². The SMILES string of the molecule is CN=C(NCCNC(=O)Cc1cccc(F)c1)N1CC2C3CCC(O3)C2C1.I. The number of benzene rings is 1. The van der Waals surface area contributed by atoms with E-state index in [-0.39, 0.29) is 42.1 Å². The molecule has 0 aliphatic carbocycles. The van der Waals surface area contributed by atoms with Crippen molar-refractivity contribution >= 4 is 35.8 Å². The van der Waals surface area contributed by atoms with E-state index in [1.807, 2.05) is 0 Å². The van der Waals surface area contributed by atoms with Gasteiger partial charge in [-0.15, -0.1) is 24.0 Å². The number of carbonyl (C=O) groups excluding carboxylic acids is 1. The van der Waals surface area contributed by atoms with Crippen LogP contribution < -0.4 is 10.6 Å². The third kappa shape index (κ3) is 4.59. The van der Waals surface area contributed by atoms with Gasteiger partial charge in [0.05, 0.1) is 18.6 Å². The lowest BCUT2D eigenvalue weighted by Crippen LogP contribution is -2.44. The molecular weight excluding hydrogens is 474 g/mol. The molecule has 6 nitrogen and oxygen atoms in total. The van der Waals surface area contributed by atoms with Crippen molar-refractivity contribution in [3.8, 4) is 0 Å². The lowest BCUT2D eigenvalue weighted by Gasteiger charge is -2.23. The highest BCUT2D eigenvalue weighted by Gasteiger charge is 2.53. The maximum atomic E-state index is 13.2. The third-order valence-corrected chi connectivity index (χ3v) is 5.95. The highest BCUT2D eigenvalue weighted by atomic mass is 127. The zero-order valence-electron chi connectivity index (χ0n) is 16.1. The first-order valence-corrected chi connectivity index (χ1v) is 9.76. The molecule has 3 aliphatic heterocycles. The molecular formula is C20H28FIN4O2. The number of amides is 1. The van der Waals surface area contributed by atoms with Gasteiger partial charge in [0.25, 0.3) is 0 Å². The molecule has 4 atom stereocenters. The van der Waals surface area contributed by atoms with Crippen LogP contribution in [0.25, 0.3) is 0 Å². The van der Waals surface area contributed by atoms with E-state index in [0.717, 1.165) is 19.0 Å². The topological polar surface area (TPSA) is 66.0 Å².